The monoisotopic (exact) mass is 302 g/mol. The lowest BCUT2D eigenvalue weighted by Gasteiger charge is -2.17. The van der Waals surface area contributed by atoms with Crippen LogP contribution >= 0.6 is 0 Å². The van der Waals surface area contributed by atoms with Gasteiger partial charge in [-0.1, -0.05) is 17.3 Å². The van der Waals surface area contributed by atoms with E-state index in [4.69, 9.17) is 9.63 Å². The number of carbonyl (C=O) groups excluding carboxylic acids is 1. The molecule has 0 bridgehead atoms. The molecule has 0 aliphatic carbocycles. The van der Waals surface area contributed by atoms with Gasteiger partial charge in [0.2, 0.25) is 11.7 Å². The highest BCUT2D eigenvalue weighted by Gasteiger charge is 2.25. The van der Waals surface area contributed by atoms with Crippen molar-refractivity contribution >= 4 is 11.7 Å². The maximum atomic E-state index is 12.2. The third kappa shape index (κ3) is 3.09. The van der Waals surface area contributed by atoms with Gasteiger partial charge in [-0.3, -0.25) is 0 Å². The van der Waals surface area contributed by atoms with Crippen molar-refractivity contribution in [2.75, 3.05) is 25.0 Å². The molecule has 2 heterocycles. The van der Waals surface area contributed by atoms with Crippen molar-refractivity contribution in [1.82, 2.24) is 15.0 Å². The molecule has 7 nitrogen and oxygen atoms in total. The lowest BCUT2D eigenvalue weighted by Crippen LogP contribution is -2.33. The Balaban J connectivity index is 1.69. The highest BCUT2D eigenvalue weighted by Crippen LogP contribution is 2.21. The molecule has 2 N–H and O–H groups in total. The van der Waals surface area contributed by atoms with E-state index in [1.807, 2.05) is 24.3 Å². The Kier molecular flexibility index (Phi) is 4.06. The lowest BCUT2D eigenvalue weighted by molar-refractivity contribution is 0.209. The fourth-order valence-corrected chi connectivity index (χ4v) is 2.52. The molecule has 0 spiro atoms. The summed E-state index contributed by atoms with van der Waals surface area (Å²) in [6, 6.07) is 7.15. The third-order valence-corrected chi connectivity index (χ3v) is 3.73. The van der Waals surface area contributed by atoms with Crippen molar-refractivity contribution in [2.45, 2.75) is 13.3 Å². The number of aliphatic hydroxyl groups is 1. The van der Waals surface area contributed by atoms with Gasteiger partial charge in [-0.25, -0.2) is 4.79 Å². The molecule has 22 heavy (non-hydrogen) atoms. The lowest BCUT2D eigenvalue weighted by atomic mass is 10.1. The summed E-state index contributed by atoms with van der Waals surface area (Å²) in [6.07, 6.45) is 0.839. The second kappa shape index (κ2) is 6.15. The van der Waals surface area contributed by atoms with Crippen molar-refractivity contribution in [3.63, 3.8) is 0 Å². The molecular formula is C15H18N4O3. The van der Waals surface area contributed by atoms with Gasteiger partial charge >= 0.3 is 6.03 Å². The number of rotatable bonds is 3. The highest BCUT2D eigenvalue weighted by atomic mass is 16.5. The number of nitrogens with zero attached hydrogens (tertiary/aromatic N) is 3. The molecule has 2 aromatic rings. The van der Waals surface area contributed by atoms with Crippen LogP contribution in [-0.4, -0.2) is 45.9 Å². The predicted octanol–water partition coefficient (Wildman–Crippen LogP) is 1.89. The molecule has 1 atom stereocenters. The first-order chi connectivity index (χ1) is 10.7. The smallest absolute Gasteiger partial charge is 0.321 e. The maximum Gasteiger partial charge on any atom is 0.321 e. The topological polar surface area (TPSA) is 91.5 Å². The van der Waals surface area contributed by atoms with Crippen LogP contribution < -0.4 is 5.32 Å². The molecule has 2 amide bonds. The van der Waals surface area contributed by atoms with Gasteiger partial charge in [-0.05, 0) is 18.6 Å². The summed E-state index contributed by atoms with van der Waals surface area (Å²) in [4.78, 5) is 18.1. The number of benzene rings is 1. The van der Waals surface area contributed by atoms with Crippen LogP contribution in [-0.2, 0) is 0 Å². The van der Waals surface area contributed by atoms with Gasteiger partial charge in [0.15, 0.2) is 0 Å². The molecule has 1 aromatic heterocycles. The molecule has 1 saturated heterocycles. The first kappa shape index (κ1) is 14.5. The summed E-state index contributed by atoms with van der Waals surface area (Å²) in [5, 5.41) is 15.9. The SMILES string of the molecule is Cc1nc(-c2cccc(NC(=O)N3CCC(CO)C3)c2)no1. The van der Waals surface area contributed by atoms with Crippen LogP contribution in [0.4, 0.5) is 10.5 Å². The maximum absolute atomic E-state index is 12.2. The van der Waals surface area contributed by atoms with Gasteiger partial charge < -0.3 is 19.8 Å². The van der Waals surface area contributed by atoms with Crippen LogP contribution in [0.1, 0.15) is 12.3 Å². The summed E-state index contributed by atoms with van der Waals surface area (Å²) in [6.45, 7) is 3.11. The average molecular weight is 302 g/mol. The molecule has 3 rings (SSSR count). The fraction of sp³-hybridized carbons (Fsp3) is 0.400. The van der Waals surface area contributed by atoms with E-state index >= 15 is 0 Å². The summed E-state index contributed by atoms with van der Waals surface area (Å²) in [5.41, 5.74) is 1.46. The largest absolute Gasteiger partial charge is 0.396 e. The van der Waals surface area contributed by atoms with E-state index in [1.54, 1.807) is 11.8 Å². The zero-order valence-corrected chi connectivity index (χ0v) is 12.3. The quantitative estimate of drug-likeness (QED) is 0.903. The predicted molar refractivity (Wildman–Crippen MR) is 80.3 cm³/mol. The van der Waals surface area contributed by atoms with E-state index in [2.05, 4.69) is 15.5 Å². The number of hydrogen-bond acceptors (Lipinski definition) is 5. The Morgan fingerprint density at radius 2 is 2.41 bits per heavy atom. The normalized spacial score (nSPS) is 17.7. The van der Waals surface area contributed by atoms with Crippen molar-refractivity contribution in [1.29, 1.82) is 0 Å². The second-order valence-electron chi connectivity index (χ2n) is 5.43. The molecule has 1 unspecified atom stereocenters. The Bertz CT molecular complexity index is 670. The molecule has 7 heteroatoms. The average Bonchev–Trinajstić information content (AvgIpc) is 3.16. The Labute approximate surface area is 127 Å². The van der Waals surface area contributed by atoms with Gasteiger partial charge in [0.1, 0.15) is 0 Å². The minimum atomic E-state index is -0.155. The zero-order valence-electron chi connectivity index (χ0n) is 12.3. The standard InChI is InChI=1S/C15H18N4O3/c1-10-16-14(18-22-10)12-3-2-4-13(7-12)17-15(21)19-6-5-11(8-19)9-20/h2-4,7,11,20H,5-6,8-9H2,1H3,(H,17,21). The minimum Gasteiger partial charge on any atom is -0.396 e. The number of anilines is 1. The number of aliphatic hydroxyl groups excluding tert-OH is 1. The molecule has 1 fully saturated rings. The zero-order chi connectivity index (χ0) is 15.5. The van der Waals surface area contributed by atoms with Crippen molar-refractivity contribution < 1.29 is 14.4 Å². The van der Waals surface area contributed by atoms with E-state index < -0.39 is 0 Å². The summed E-state index contributed by atoms with van der Waals surface area (Å²) in [5.74, 6) is 1.17. The number of aryl methyl sites for hydroxylation is 1. The highest BCUT2D eigenvalue weighted by molar-refractivity contribution is 5.90. The summed E-state index contributed by atoms with van der Waals surface area (Å²) >= 11 is 0. The van der Waals surface area contributed by atoms with E-state index in [-0.39, 0.29) is 18.6 Å². The Morgan fingerprint density at radius 3 is 3.09 bits per heavy atom. The van der Waals surface area contributed by atoms with E-state index in [0.29, 0.717) is 30.5 Å². The van der Waals surface area contributed by atoms with Crippen molar-refractivity contribution in [3.8, 4) is 11.4 Å². The van der Waals surface area contributed by atoms with Gasteiger partial charge in [-0.15, -0.1) is 0 Å². The van der Waals surface area contributed by atoms with E-state index in [1.165, 1.54) is 0 Å². The van der Waals surface area contributed by atoms with Crippen molar-refractivity contribution in [2.24, 2.45) is 5.92 Å². The molecular weight excluding hydrogens is 284 g/mol. The Hall–Kier alpha value is -2.41. The third-order valence-electron chi connectivity index (χ3n) is 3.73. The van der Waals surface area contributed by atoms with Crippen LogP contribution in [0.3, 0.4) is 0 Å². The second-order valence-corrected chi connectivity index (χ2v) is 5.43. The first-order valence-corrected chi connectivity index (χ1v) is 7.23. The van der Waals surface area contributed by atoms with Crippen LogP contribution in [0.25, 0.3) is 11.4 Å². The number of aromatic nitrogens is 2. The summed E-state index contributed by atoms with van der Waals surface area (Å²) in [7, 11) is 0. The van der Waals surface area contributed by atoms with Crippen LogP contribution in [0.15, 0.2) is 28.8 Å². The van der Waals surface area contributed by atoms with Gasteiger partial charge in [0, 0.05) is 43.8 Å². The van der Waals surface area contributed by atoms with Crippen LogP contribution in [0, 0.1) is 12.8 Å². The summed E-state index contributed by atoms with van der Waals surface area (Å²) < 4.78 is 4.96. The van der Waals surface area contributed by atoms with Crippen LogP contribution in [0.2, 0.25) is 0 Å². The number of hydrogen-bond donors (Lipinski definition) is 2. The minimum absolute atomic E-state index is 0.121. The number of carbonyl (C=O) groups is 1. The molecule has 1 aliphatic heterocycles. The number of likely N-dealkylation sites (tertiary alicyclic amines) is 1. The number of urea groups is 1. The molecule has 116 valence electrons. The first-order valence-electron chi connectivity index (χ1n) is 7.23. The fourth-order valence-electron chi connectivity index (χ4n) is 2.52. The van der Waals surface area contributed by atoms with E-state index in [9.17, 15) is 4.79 Å². The van der Waals surface area contributed by atoms with Gasteiger partial charge in [0.25, 0.3) is 0 Å². The van der Waals surface area contributed by atoms with Gasteiger partial charge in [-0.2, -0.15) is 4.98 Å². The number of amides is 2. The van der Waals surface area contributed by atoms with Crippen LogP contribution in [0.5, 0.6) is 0 Å². The van der Waals surface area contributed by atoms with Crippen molar-refractivity contribution in [3.05, 3.63) is 30.2 Å². The van der Waals surface area contributed by atoms with Gasteiger partial charge in [0.05, 0.1) is 0 Å². The van der Waals surface area contributed by atoms with E-state index in [0.717, 1.165) is 12.0 Å². The molecule has 1 aliphatic rings. The molecule has 0 saturated carbocycles. The molecule has 1 aromatic carbocycles. The molecule has 0 radical (unpaired) electrons. The Morgan fingerprint density at radius 1 is 1.55 bits per heavy atom. The number of nitrogens with one attached hydrogen (secondary N) is 1.